The molecule has 9 heteroatoms. The Hall–Kier alpha value is -2.33. The van der Waals surface area contributed by atoms with Crippen molar-refractivity contribution < 1.29 is 23.2 Å². The Morgan fingerprint density at radius 2 is 1.86 bits per heavy atom. The molecule has 2 rings (SSSR count). The second-order valence-corrected chi connectivity index (χ2v) is 8.17. The van der Waals surface area contributed by atoms with Crippen LogP contribution in [0.25, 0.3) is 0 Å². The lowest BCUT2D eigenvalue weighted by Gasteiger charge is -2.29. The van der Waals surface area contributed by atoms with Crippen molar-refractivity contribution in [3.63, 3.8) is 0 Å². The Labute approximate surface area is 169 Å². The van der Waals surface area contributed by atoms with Gasteiger partial charge in [-0.25, -0.2) is 13.9 Å². The minimum atomic E-state index is -4.05. The van der Waals surface area contributed by atoms with Gasteiger partial charge in [-0.15, -0.1) is 0 Å². The topological polar surface area (TPSA) is 95.9 Å². The van der Waals surface area contributed by atoms with Gasteiger partial charge in [0.05, 0.1) is 12.0 Å². The molecule has 0 saturated heterocycles. The molecule has 0 heterocycles. The van der Waals surface area contributed by atoms with Crippen molar-refractivity contribution in [1.82, 2.24) is 9.79 Å². The summed E-state index contributed by atoms with van der Waals surface area (Å²) < 4.78 is 32.8. The maximum Gasteiger partial charge on any atom is 0.261 e. The van der Waals surface area contributed by atoms with E-state index in [1.165, 1.54) is 36.7 Å². The average molecular weight is 423 g/mol. The first kappa shape index (κ1) is 22.0. The molecular weight excluding hydrogens is 400 g/mol. The van der Waals surface area contributed by atoms with Crippen LogP contribution >= 0.6 is 12.2 Å². The van der Waals surface area contributed by atoms with E-state index in [1.807, 2.05) is 6.07 Å². The van der Waals surface area contributed by atoms with E-state index in [0.29, 0.717) is 17.7 Å². The lowest BCUT2D eigenvalue weighted by Crippen LogP contribution is -2.48. The molecule has 0 aliphatic heterocycles. The molecular formula is C19H22N2O5S2. The maximum atomic E-state index is 13.3. The second kappa shape index (κ2) is 10.3. The molecule has 0 aromatic heterocycles. The Bertz CT molecular complexity index is 886. The van der Waals surface area contributed by atoms with Crippen molar-refractivity contribution in [1.29, 1.82) is 0 Å². The first-order valence-electron chi connectivity index (χ1n) is 8.51. The second-order valence-electron chi connectivity index (χ2n) is 5.95. The van der Waals surface area contributed by atoms with E-state index in [0.717, 1.165) is 4.31 Å². The monoisotopic (exact) mass is 422 g/mol. The molecule has 150 valence electrons. The quantitative estimate of drug-likeness (QED) is 0.347. The minimum absolute atomic E-state index is 0.0160. The highest BCUT2D eigenvalue weighted by molar-refractivity contribution is 7.89. The number of methoxy groups -OCH3 is 1. The van der Waals surface area contributed by atoms with Crippen LogP contribution in [0.5, 0.6) is 5.75 Å². The summed E-state index contributed by atoms with van der Waals surface area (Å²) in [5.41, 5.74) is 2.28. The summed E-state index contributed by atoms with van der Waals surface area (Å²) >= 11 is 4.82. The Balaban J connectivity index is 2.50. The number of nitrogens with zero attached hydrogens (tertiary/aromatic N) is 1. The van der Waals surface area contributed by atoms with Crippen LogP contribution in [0.2, 0.25) is 0 Å². The van der Waals surface area contributed by atoms with Crippen molar-refractivity contribution in [2.24, 2.45) is 0 Å². The van der Waals surface area contributed by atoms with Crippen LogP contribution in [0.15, 0.2) is 59.5 Å². The number of rotatable bonds is 10. The van der Waals surface area contributed by atoms with Crippen LogP contribution in [-0.4, -0.2) is 42.4 Å². The number of sulfonamides is 1. The van der Waals surface area contributed by atoms with Gasteiger partial charge >= 0.3 is 0 Å². The van der Waals surface area contributed by atoms with Crippen molar-refractivity contribution in [2.45, 2.75) is 30.3 Å². The van der Waals surface area contributed by atoms with E-state index in [1.54, 1.807) is 29.7 Å². The zero-order valence-electron chi connectivity index (χ0n) is 15.3. The summed E-state index contributed by atoms with van der Waals surface area (Å²) in [7, 11) is -2.57. The number of hydroxylamine groups is 1. The first-order valence-corrected chi connectivity index (χ1v) is 10.4. The van der Waals surface area contributed by atoms with Gasteiger partial charge in [0.25, 0.3) is 5.91 Å². The Morgan fingerprint density at radius 1 is 1.21 bits per heavy atom. The standard InChI is InChI=1S/C19H22N2O5S2/c1-26-16-9-11-17(12-10-16)28(24,25)21(14-15-6-3-2-4-7-15)18(8-5-13-27)19(22)20-23/h2-4,6-7,9-13,18,23H,5,8,14H2,1H3,(H,20,22). The summed E-state index contributed by atoms with van der Waals surface area (Å²) in [5, 5.41) is 10.6. The van der Waals surface area contributed by atoms with Crippen LogP contribution in [-0.2, 0) is 21.4 Å². The zero-order chi connectivity index (χ0) is 20.6. The molecule has 0 fully saturated rings. The first-order chi connectivity index (χ1) is 13.4. The van der Waals surface area contributed by atoms with E-state index in [9.17, 15) is 13.2 Å². The number of carbonyl (C=O) groups is 1. The van der Waals surface area contributed by atoms with Gasteiger partial charge < -0.3 is 4.74 Å². The van der Waals surface area contributed by atoms with Gasteiger partial charge in [-0.2, -0.15) is 4.31 Å². The van der Waals surface area contributed by atoms with E-state index in [2.05, 4.69) is 0 Å². The molecule has 0 bridgehead atoms. The third-order valence-corrected chi connectivity index (χ3v) is 6.27. The number of hydrogen-bond donors (Lipinski definition) is 2. The maximum absolute atomic E-state index is 13.3. The number of carbonyl (C=O) groups excluding carboxylic acids is 1. The molecule has 0 spiro atoms. The normalized spacial score (nSPS) is 12.4. The molecule has 0 aliphatic rings. The summed E-state index contributed by atoms with van der Waals surface area (Å²) in [6.45, 7) is -0.0370. The lowest BCUT2D eigenvalue weighted by molar-refractivity contribution is -0.133. The number of thiocarbonyl (C=S) groups is 1. The van der Waals surface area contributed by atoms with Crippen LogP contribution in [0.1, 0.15) is 18.4 Å². The van der Waals surface area contributed by atoms with E-state index < -0.39 is 22.0 Å². The predicted octanol–water partition coefficient (Wildman–Crippen LogP) is 2.54. The molecule has 28 heavy (non-hydrogen) atoms. The molecule has 2 aromatic rings. The van der Waals surface area contributed by atoms with Crippen LogP contribution in [0, 0.1) is 0 Å². The number of nitrogens with one attached hydrogen (secondary N) is 1. The summed E-state index contributed by atoms with van der Waals surface area (Å²) in [6.07, 6.45) is 0.467. The van der Waals surface area contributed by atoms with Gasteiger partial charge in [0.2, 0.25) is 10.0 Å². The number of amides is 1. The molecule has 1 amide bonds. The van der Waals surface area contributed by atoms with Crippen molar-refractivity contribution in [3.05, 3.63) is 60.2 Å². The van der Waals surface area contributed by atoms with Crippen LogP contribution in [0.4, 0.5) is 0 Å². The molecule has 0 aliphatic carbocycles. The Morgan fingerprint density at radius 3 is 2.39 bits per heavy atom. The van der Waals surface area contributed by atoms with Crippen molar-refractivity contribution >= 4 is 33.5 Å². The summed E-state index contributed by atoms with van der Waals surface area (Å²) in [6, 6.07) is 13.7. The van der Waals surface area contributed by atoms with Gasteiger partial charge in [-0.1, -0.05) is 42.5 Å². The van der Waals surface area contributed by atoms with E-state index >= 15 is 0 Å². The smallest absolute Gasteiger partial charge is 0.261 e. The van der Waals surface area contributed by atoms with Gasteiger partial charge in [0.15, 0.2) is 0 Å². The van der Waals surface area contributed by atoms with Crippen molar-refractivity contribution in [2.75, 3.05) is 7.11 Å². The fourth-order valence-electron chi connectivity index (χ4n) is 2.72. The van der Waals surface area contributed by atoms with Gasteiger partial charge in [0, 0.05) is 6.54 Å². The highest BCUT2D eigenvalue weighted by Gasteiger charge is 2.35. The lowest BCUT2D eigenvalue weighted by atomic mass is 10.1. The molecule has 1 atom stereocenters. The van der Waals surface area contributed by atoms with Gasteiger partial charge in [0.1, 0.15) is 11.8 Å². The SMILES string of the molecule is COc1ccc(S(=O)(=O)N(Cc2ccccc2)C(CCC=S)C(=O)NO)cc1. The van der Waals surface area contributed by atoms with Gasteiger partial charge in [-0.3, -0.25) is 10.0 Å². The average Bonchev–Trinajstić information content (AvgIpc) is 2.73. The molecule has 7 nitrogen and oxygen atoms in total. The third kappa shape index (κ3) is 5.35. The highest BCUT2D eigenvalue weighted by Crippen LogP contribution is 2.25. The fraction of sp³-hybridized carbons (Fsp3) is 0.263. The van der Waals surface area contributed by atoms with E-state index in [-0.39, 0.29) is 17.9 Å². The summed E-state index contributed by atoms with van der Waals surface area (Å²) in [4.78, 5) is 12.3. The molecule has 0 saturated carbocycles. The predicted molar refractivity (Wildman–Crippen MR) is 109 cm³/mol. The Kier molecular flexibility index (Phi) is 8.06. The summed E-state index contributed by atoms with van der Waals surface area (Å²) in [5.74, 6) is -0.302. The highest BCUT2D eigenvalue weighted by atomic mass is 32.2. The number of hydrogen-bond acceptors (Lipinski definition) is 6. The zero-order valence-corrected chi connectivity index (χ0v) is 16.9. The molecule has 2 aromatic carbocycles. The number of ether oxygens (including phenoxy) is 1. The number of benzene rings is 2. The molecule has 1 unspecified atom stereocenters. The largest absolute Gasteiger partial charge is 0.497 e. The van der Waals surface area contributed by atoms with Crippen LogP contribution < -0.4 is 10.2 Å². The van der Waals surface area contributed by atoms with Gasteiger partial charge in [-0.05, 0) is 48.0 Å². The molecule has 2 N–H and O–H groups in total. The van der Waals surface area contributed by atoms with Crippen molar-refractivity contribution in [3.8, 4) is 5.75 Å². The van der Waals surface area contributed by atoms with E-state index in [4.69, 9.17) is 22.2 Å². The fourth-order valence-corrected chi connectivity index (χ4v) is 4.46. The van der Waals surface area contributed by atoms with Crippen LogP contribution in [0.3, 0.4) is 0 Å². The minimum Gasteiger partial charge on any atom is -0.497 e. The molecule has 0 radical (unpaired) electrons. The third-order valence-electron chi connectivity index (χ3n) is 4.17.